The van der Waals surface area contributed by atoms with Crippen molar-refractivity contribution < 1.29 is 18.3 Å². The predicted molar refractivity (Wildman–Crippen MR) is 123 cm³/mol. The number of fused-ring (bicyclic) bond motifs is 1. The number of hydrogen-bond acceptors (Lipinski definition) is 6. The fourth-order valence-electron chi connectivity index (χ4n) is 4.63. The molecule has 0 aromatic carbocycles. The van der Waals surface area contributed by atoms with Crippen LogP contribution in [0.25, 0.3) is 0 Å². The van der Waals surface area contributed by atoms with Gasteiger partial charge in [-0.15, -0.1) is 0 Å². The van der Waals surface area contributed by atoms with Crippen molar-refractivity contribution in [3.8, 4) is 5.19 Å². The highest BCUT2D eigenvalue weighted by molar-refractivity contribution is 7.13. The van der Waals surface area contributed by atoms with E-state index in [4.69, 9.17) is 4.74 Å². The van der Waals surface area contributed by atoms with Gasteiger partial charge < -0.3 is 10.1 Å². The van der Waals surface area contributed by atoms with Crippen LogP contribution in [0.2, 0.25) is 0 Å². The van der Waals surface area contributed by atoms with Gasteiger partial charge in [-0.25, -0.2) is 13.8 Å². The number of amides is 1. The van der Waals surface area contributed by atoms with Crippen molar-refractivity contribution in [3.05, 3.63) is 28.5 Å². The van der Waals surface area contributed by atoms with Gasteiger partial charge in [-0.2, -0.15) is 5.10 Å². The molecule has 1 fully saturated rings. The van der Waals surface area contributed by atoms with Crippen molar-refractivity contribution in [2.45, 2.75) is 70.4 Å². The first-order chi connectivity index (χ1) is 15.7. The molecule has 10 heteroatoms. The summed E-state index contributed by atoms with van der Waals surface area (Å²) in [6, 6.07) is 2.14. The molecule has 7 nitrogen and oxygen atoms in total. The third-order valence-electron chi connectivity index (χ3n) is 6.41. The van der Waals surface area contributed by atoms with Gasteiger partial charge in [-0.05, 0) is 57.1 Å². The summed E-state index contributed by atoms with van der Waals surface area (Å²) in [6.45, 7) is 2.97. The number of rotatable bonds is 9. The topological polar surface area (TPSA) is 72.3 Å². The Morgan fingerprint density at radius 1 is 1.33 bits per heavy atom. The molecule has 2 aromatic heterocycles. The van der Waals surface area contributed by atoms with E-state index < -0.39 is 12.5 Å². The van der Waals surface area contributed by atoms with E-state index in [1.807, 2.05) is 19.3 Å². The quantitative estimate of drug-likeness (QED) is 0.593. The molecule has 0 radical (unpaired) electrons. The number of carbonyl (C=O) groups excluding carboxylic acids is 1. The maximum Gasteiger partial charge on any atom is 0.278 e. The van der Waals surface area contributed by atoms with Gasteiger partial charge in [0.15, 0.2) is 6.61 Å². The van der Waals surface area contributed by atoms with E-state index in [1.165, 1.54) is 11.3 Å². The van der Waals surface area contributed by atoms with E-state index >= 15 is 0 Å². The minimum Gasteiger partial charge on any atom is -0.464 e. The Balaban J connectivity index is 1.15. The summed E-state index contributed by atoms with van der Waals surface area (Å²) in [4.78, 5) is 20.3. The molecule has 0 saturated heterocycles. The highest BCUT2D eigenvalue weighted by Gasteiger charge is 2.27. The largest absolute Gasteiger partial charge is 0.464 e. The molecule has 0 unspecified atom stereocenters. The van der Waals surface area contributed by atoms with Crippen LogP contribution in [-0.2, 0) is 31.2 Å². The number of carbonyl (C=O) groups is 1. The number of aryl methyl sites for hydroxylation is 1. The number of hydrogen-bond donors (Lipinski definition) is 1. The average Bonchev–Trinajstić information content (AvgIpc) is 3.36. The Bertz CT molecular complexity index is 934. The van der Waals surface area contributed by atoms with Crippen molar-refractivity contribution in [1.82, 2.24) is 25.0 Å². The summed E-state index contributed by atoms with van der Waals surface area (Å²) < 4.78 is 33.0. The summed E-state index contributed by atoms with van der Waals surface area (Å²) >= 11 is 1.40. The first kappa shape index (κ1) is 24.1. The Morgan fingerprint density at radius 2 is 2.12 bits per heavy atom. The molecule has 0 bridgehead atoms. The average molecular weight is 482 g/mol. The van der Waals surface area contributed by atoms with Gasteiger partial charge >= 0.3 is 0 Å². The zero-order valence-electron chi connectivity index (χ0n) is 19.4. The number of nitrogens with zero attached hydrogens (tertiary/aromatic N) is 4. The van der Waals surface area contributed by atoms with E-state index in [9.17, 15) is 13.6 Å². The van der Waals surface area contributed by atoms with Crippen LogP contribution >= 0.6 is 11.3 Å². The molecule has 0 spiro atoms. The molecule has 1 saturated carbocycles. The van der Waals surface area contributed by atoms with Crippen LogP contribution in [0.15, 0.2) is 12.3 Å². The van der Waals surface area contributed by atoms with Gasteiger partial charge in [0.2, 0.25) is 5.91 Å². The van der Waals surface area contributed by atoms with Gasteiger partial charge in [0.05, 0.1) is 17.8 Å². The second-order valence-electron chi connectivity index (χ2n) is 9.47. The minimum absolute atomic E-state index is 0.0514. The summed E-state index contributed by atoms with van der Waals surface area (Å²) in [5.74, 6) is -2.12. The first-order valence-corrected chi connectivity index (χ1v) is 12.5. The van der Waals surface area contributed by atoms with E-state index in [1.54, 1.807) is 4.68 Å². The zero-order chi connectivity index (χ0) is 23.4. The maximum atomic E-state index is 13.0. The normalized spacial score (nSPS) is 21.6. The van der Waals surface area contributed by atoms with E-state index in [0.717, 1.165) is 81.3 Å². The zero-order valence-corrected chi connectivity index (χ0v) is 20.2. The lowest BCUT2D eigenvalue weighted by Gasteiger charge is -2.32. The highest BCUT2D eigenvalue weighted by Crippen LogP contribution is 2.32. The molecule has 1 aliphatic carbocycles. The molecule has 3 heterocycles. The van der Waals surface area contributed by atoms with Gasteiger partial charge in [0.1, 0.15) is 0 Å². The van der Waals surface area contributed by atoms with Crippen LogP contribution in [0.3, 0.4) is 0 Å². The molecule has 182 valence electrons. The van der Waals surface area contributed by atoms with Crippen LogP contribution in [0.4, 0.5) is 8.78 Å². The molecule has 2 aliphatic rings. The van der Waals surface area contributed by atoms with Crippen molar-refractivity contribution in [1.29, 1.82) is 0 Å². The van der Waals surface area contributed by atoms with Crippen LogP contribution in [0.1, 0.15) is 55.3 Å². The summed E-state index contributed by atoms with van der Waals surface area (Å²) in [5.41, 5.74) is 1.77. The lowest BCUT2D eigenvalue weighted by atomic mass is 9.84. The number of halogens is 2. The number of thiazole rings is 1. The highest BCUT2D eigenvalue weighted by atomic mass is 32.1. The maximum absolute atomic E-state index is 13.0. The van der Waals surface area contributed by atoms with E-state index in [-0.39, 0.29) is 11.9 Å². The monoisotopic (exact) mass is 481 g/mol. The number of ether oxygens (including phenoxy) is 1. The first-order valence-electron chi connectivity index (χ1n) is 11.7. The smallest absolute Gasteiger partial charge is 0.278 e. The van der Waals surface area contributed by atoms with Crippen molar-refractivity contribution in [2.75, 3.05) is 19.7 Å². The predicted octanol–water partition coefficient (Wildman–Crippen LogP) is 3.58. The summed E-state index contributed by atoms with van der Waals surface area (Å²) in [7, 11) is 1.85. The molecule has 33 heavy (non-hydrogen) atoms. The van der Waals surface area contributed by atoms with Crippen LogP contribution in [0.5, 0.6) is 5.19 Å². The van der Waals surface area contributed by atoms with Gasteiger partial charge in [-0.3, -0.25) is 14.4 Å². The number of alkyl halides is 2. The third kappa shape index (κ3) is 7.20. The molecule has 0 atom stereocenters. The number of nitrogens with one attached hydrogen (secondary N) is 1. The second-order valence-corrected chi connectivity index (χ2v) is 10.5. The van der Waals surface area contributed by atoms with Gasteiger partial charge in [0, 0.05) is 44.2 Å². The third-order valence-corrected chi connectivity index (χ3v) is 7.48. The molecule has 1 amide bonds. The fraction of sp³-hybridized carbons (Fsp3) is 0.696. The lowest BCUT2D eigenvalue weighted by molar-refractivity contribution is -0.121. The van der Waals surface area contributed by atoms with E-state index in [0.29, 0.717) is 17.5 Å². The summed E-state index contributed by atoms with van der Waals surface area (Å²) in [5, 5.41) is 7.79. The Kier molecular flexibility index (Phi) is 7.63. The van der Waals surface area contributed by atoms with Crippen LogP contribution in [0, 0.1) is 5.92 Å². The van der Waals surface area contributed by atoms with Crippen molar-refractivity contribution >= 4 is 17.2 Å². The minimum atomic E-state index is -2.85. The lowest BCUT2D eigenvalue weighted by Crippen LogP contribution is -2.39. The summed E-state index contributed by atoms with van der Waals surface area (Å²) in [6.07, 6.45) is 8.54. The molecule has 4 rings (SSSR count). The molecule has 2 aromatic rings. The van der Waals surface area contributed by atoms with Crippen LogP contribution < -0.4 is 10.1 Å². The standard InChI is InChI=1S/C23H33F2N5O2S/c1-23(24,25)15-32-22-27-19-14-30(12-9-20(19)33-22)11-7-16-3-5-17(6-4-16)26-21(31)13-18-8-10-29(2)28-18/h8,10,16-17H,3-7,9,11-15H2,1-2H3,(H,26,31)/t16-,17-. The van der Waals surface area contributed by atoms with Crippen molar-refractivity contribution in [3.63, 3.8) is 0 Å². The molecular formula is C23H33F2N5O2S. The van der Waals surface area contributed by atoms with Gasteiger partial charge in [0.25, 0.3) is 11.1 Å². The molecule has 1 N–H and O–H groups in total. The van der Waals surface area contributed by atoms with Crippen LogP contribution in [-0.4, -0.2) is 57.2 Å². The SMILES string of the molecule is Cn1ccc(CC(=O)N[C@H]2CC[C@H](CCN3CCc4sc(OCC(C)(F)F)nc4C3)CC2)n1. The second kappa shape index (κ2) is 10.5. The van der Waals surface area contributed by atoms with Gasteiger partial charge in [-0.1, -0.05) is 11.3 Å². The number of aromatic nitrogens is 3. The van der Waals surface area contributed by atoms with E-state index in [2.05, 4.69) is 20.3 Å². The Morgan fingerprint density at radius 3 is 2.82 bits per heavy atom. The van der Waals surface area contributed by atoms with Crippen molar-refractivity contribution in [2.24, 2.45) is 13.0 Å². The Hall–Kier alpha value is -2.07. The molecule has 1 aliphatic heterocycles. The fourth-order valence-corrected chi connectivity index (χ4v) is 5.54. The Labute approximate surface area is 197 Å². The molecular weight excluding hydrogens is 448 g/mol.